The average molecular weight is 227 g/mol. The standard InChI is InChI=1S/C8H17NO2.2H2S/c1-4-5-6(2)9-7(3)8(10)11;;/h6-7,9H,4-5H2,1-3H3,(H,10,11);2*1H2/t6-,7+;;/m1../s1. The van der Waals surface area contributed by atoms with Crippen LogP contribution in [0, 0.1) is 0 Å². The van der Waals surface area contributed by atoms with Crippen molar-refractivity contribution in [1.29, 1.82) is 0 Å². The smallest absolute Gasteiger partial charge is 0.320 e. The topological polar surface area (TPSA) is 49.3 Å². The van der Waals surface area contributed by atoms with Crippen LogP contribution in [0.25, 0.3) is 0 Å². The van der Waals surface area contributed by atoms with Crippen LogP contribution in [-0.4, -0.2) is 23.2 Å². The Morgan fingerprint density at radius 2 is 1.85 bits per heavy atom. The number of nitrogens with one attached hydrogen (secondary N) is 1. The van der Waals surface area contributed by atoms with Gasteiger partial charge >= 0.3 is 5.97 Å². The van der Waals surface area contributed by atoms with Crippen molar-refractivity contribution in [3.63, 3.8) is 0 Å². The summed E-state index contributed by atoms with van der Waals surface area (Å²) in [5.41, 5.74) is 0. The lowest BCUT2D eigenvalue weighted by Crippen LogP contribution is -2.39. The van der Waals surface area contributed by atoms with Crippen molar-refractivity contribution in [3.05, 3.63) is 0 Å². The first-order chi connectivity index (χ1) is 5.07. The average Bonchev–Trinajstić information content (AvgIpc) is 1.87. The third kappa shape index (κ3) is 10.0. The molecule has 2 N–H and O–H groups in total. The van der Waals surface area contributed by atoms with Gasteiger partial charge in [-0.25, -0.2) is 0 Å². The van der Waals surface area contributed by atoms with Crippen molar-refractivity contribution in [2.45, 2.75) is 45.7 Å². The fourth-order valence-corrected chi connectivity index (χ4v) is 1.01. The Kier molecular flexibility index (Phi) is 14.8. The van der Waals surface area contributed by atoms with Crippen LogP contribution in [0.15, 0.2) is 0 Å². The molecule has 3 nitrogen and oxygen atoms in total. The van der Waals surface area contributed by atoms with E-state index in [2.05, 4.69) is 12.2 Å². The van der Waals surface area contributed by atoms with E-state index in [1.54, 1.807) is 6.92 Å². The summed E-state index contributed by atoms with van der Waals surface area (Å²) in [6.45, 7) is 5.75. The molecule has 0 spiro atoms. The summed E-state index contributed by atoms with van der Waals surface area (Å²) in [5.74, 6) is -0.784. The SMILES string of the molecule is CCC[C@@H](C)N[C@@H](C)C(=O)O.S.S. The van der Waals surface area contributed by atoms with Crippen LogP contribution in [0.3, 0.4) is 0 Å². The number of aliphatic carboxylic acids is 1. The highest BCUT2D eigenvalue weighted by Crippen LogP contribution is 1.96. The van der Waals surface area contributed by atoms with Crippen LogP contribution >= 0.6 is 27.0 Å². The molecule has 0 aliphatic heterocycles. The molecule has 0 amide bonds. The van der Waals surface area contributed by atoms with Gasteiger partial charge in [0.25, 0.3) is 0 Å². The van der Waals surface area contributed by atoms with Gasteiger partial charge in [-0.15, -0.1) is 0 Å². The molecule has 0 radical (unpaired) electrons. The first-order valence-electron chi connectivity index (χ1n) is 4.06. The van der Waals surface area contributed by atoms with E-state index in [1.165, 1.54) is 0 Å². The molecule has 0 aromatic heterocycles. The predicted molar refractivity (Wildman–Crippen MR) is 65.4 cm³/mol. The molecule has 0 fully saturated rings. The zero-order valence-corrected chi connectivity index (χ0v) is 10.4. The number of rotatable bonds is 5. The van der Waals surface area contributed by atoms with E-state index in [4.69, 9.17) is 5.11 Å². The van der Waals surface area contributed by atoms with Gasteiger partial charge in [0.05, 0.1) is 0 Å². The van der Waals surface area contributed by atoms with Gasteiger partial charge in [0.1, 0.15) is 6.04 Å². The van der Waals surface area contributed by atoms with Crippen molar-refractivity contribution < 1.29 is 9.90 Å². The molecular weight excluding hydrogens is 206 g/mol. The van der Waals surface area contributed by atoms with Gasteiger partial charge in [-0.05, 0) is 20.3 Å². The quantitative estimate of drug-likeness (QED) is 0.747. The van der Waals surface area contributed by atoms with E-state index < -0.39 is 12.0 Å². The Morgan fingerprint density at radius 1 is 1.38 bits per heavy atom. The van der Waals surface area contributed by atoms with E-state index in [-0.39, 0.29) is 27.0 Å². The normalized spacial score (nSPS) is 13.5. The highest BCUT2D eigenvalue weighted by molar-refractivity contribution is 7.59. The lowest BCUT2D eigenvalue weighted by molar-refractivity contribution is -0.139. The Labute approximate surface area is 94.2 Å². The minimum absolute atomic E-state index is 0. The minimum atomic E-state index is -0.784. The number of hydrogen-bond donors (Lipinski definition) is 2. The number of carboxylic acid groups (broad SMARTS) is 1. The number of hydrogen-bond acceptors (Lipinski definition) is 2. The van der Waals surface area contributed by atoms with Gasteiger partial charge in [-0.2, -0.15) is 27.0 Å². The molecule has 82 valence electrons. The maximum Gasteiger partial charge on any atom is 0.320 e. The van der Waals surface area contributed by atoms with Gasteiger partial charge in [-0.1, -0.05) is 13.3 Å². The summed E-state index contributed by atoms with van der Waals surface area (Å²) in [5, 5.41) is 11.5. The second-order valence-electron chi connectivity index (χ2n) is 2.92. The fourth-order valence-electron chi connectivity index (χ4n) is 1.01. The van der Waals surface area contributed by atoms with Crippen molar-refractivity contribution >= 4 is 33.0 Å². The fraction of sp³-hybridized carbons (Fsp3) is 0.875. The van der Waals surface area contributed by atoms with Crippen LogP contribution in [0.5, 0.6) is 0 Å². The second kappa shape index (κ2) is 10.2. The molecule has 0 saturated carbocycles. The van der Waals surface area contributed by atoms with Gasteiger partial charge in [-0.3, -0.25) is 4.79 Å². The molecule has 0 aliphatic rings. The van der Waals surface area contributed by atoms with E-state index >= 15 is 0 Å². The molecule has 5 heteroatoms. The van der Waals surface area contributed by atoms with E-state index in [1.807, 2.05) is 6.92 Å². The molecule has 0 heterocycles. The Bertz CT molecular complexity index is 133. The summed E-state index contributed by atoms with van der Waals surface area (Å²) in [7, 11) is 0. The molecule has 13 heavy (non-hydrogen) atoms. The highest BCUT2D eigenvalue weighted by Gasteiger charge is 2.12. The van der Waals surface area contributed by atoms with Crippen LogP contribution in [0.2, 0.25) is 0 Å². The van der Waals surface area contributed by atoms with E-state index in [0.717, 1.165) is 12.8 Å². The maximum atomic E-state index is 10.4. The third-order valence-corrected chi connectivity index (χ3v) is 1.63. The van der Waals surface area contributed by atoms with Gasteiger partial charge in [0.15, 0.2) is 0 Å². The first-order valence-corrected chi connectivity index (χ1v) is 4.06. The summed E-state index contributed by atoms with van der Waals surface area (Å²) >= 11 is 0. The summed E-state index contributed by atoms with van der Waals surface area (Å²) < 4.78 is 0. The zero-order chi connectivity index (χ0) is 8.85. The third-order valence-electron chi connectivity index (χ3n) is 1.63. The summed E-state index contributed by atoms with van der Waals surface area (Å²) in [4.78, 5) is 10.4. The lowest BCUT2D eigenvalue weighted by Gasteiger charge is -2.15. The lowest BCUT2D eigenvalue weighted by atomic mass is 10.2. The molecule has 0 aromatic rings. The van der Waals surface area contributed by atoms with E-state index in [0.29, 0.717) is 6.04 Å². The van der Waals surface area contributed by atoms with Crippen LogP contribution in [0.4, 0.5) is 0 Å². The Balaban J connectivity index is -0.000000500. The van der Waals surface area contributed by atoms with Crippen LogP contribution < -0.4 is 5.32 Å². The molecule has 0 aromatic carbocycles. The highest BCUT2D eigenvalue weighted by atomic mass is 32.1. The molecule has 2 atom stereocenters. The van der Waals surface area contributed by atoms with Crippen molar-refractivity contribution in [3.8, 4) is 0 Å². The van der Waals surface area contributed by atoms with Crippen LogP contribution in [0.1, 0.15) is 33.6 Å². The van der Waals surface area contributed by atoms with Crippen molar-refractivity contribution in [1.82, 2.24) is 5.32 Å². The molecular formula is C8H21NO2S2. The molecule has 0 unspecified atom stereocenters. The summed E-state index contributed by atoms with van der Waals surface area (Å²) in [6.07, 6.45) is 2.11. The van der Waals surface area contributed by atoms with Gasteiger partial charge in [0.2, 0.25) is 0 Å². The molecule has 0 aliphatic carbocycles. The number of carbonyl (C=O) groups is 1. The maximum absolute atomic E-state index is 10.4. The largest absolute Gasteiger partial charge is 0.480 e. The summed E-state index contributed by atoms with van der Waals surface area (Å²) in [6, 6.07) is -0.136. The molecule has 0 rings (SSSR count). The van der Waals surface area contributed by atoms with Crippen LogP contribution in [-0.2, 0) is 4.79 Å². The Hall–Kier alpha value is 0.130. The number of carboxylic acids is 1. The zero-order valence-electron chi connectivity index (χ0n) is 8.42. The predicted octanol–water partition coefficient (Wildman–Crippen LogP) is 1.46. The second-order valence-corrected chi connectivity index (χ2v) is 2.92. The molecule has 0 saturated heterocycles. The van der Waals surface area contributed by atoms with Gasteiger partial charge in [0, 0.05) is 6.04 Å². The van der Waals surface area contributed by atoms with Gasteiger partial charge < -0.3 is 10.4 Å². The first kappa shape index (κ1) is 18.8. The molecule has 0 bridgehead atoms. The van der Waals surface area contributed by atoms with E-state index in [9.17, 15) is 4.79 Å². The minimum Gasteiger partial charge on any atom is -0.480 e. The monoisotopic (exact) mass is 227 g/mol. The van der Waals surface area contributed by atoms with Crippen molar-refractivity contribution in [2.75, 3.05) is 0 Å². The Morgan fingerprint density at radius 3 is 2.15 bits per heavy atom. The van der Waals surface area contributed by atoms with Crippen molar-refractivity contribution in [2.24, 2.45) is 0 Å².